The summed E-state index contributed by atoms with van der Waals surface area (Å²) in [5, 5.41) is 10.8. The summed E-state index contributed by atoms with van der Waals surface area (Å²) in [5.74, 6) is 1.24. The summed E-state index contributed by atoms with van der Waals surface area (Å²) in [7, 11) is 1.46. The first-order valence-corrected chi connectivity index (χ1v) is 14.1. The molecule has 4 aliphatic rings. The van der Waals surface area contributed by atoms with Crippen molar-refractivity contribution in [3.05, 3.63) is 34.4 Å². The van der Waals surface area contributed by atoms with Crippen molar-refractivity contribution < 1.29 is 14.6 Å². The highest BCUT2D eigenvalue weighted by Gasteiger charge is 2.60. The van der Waals surface area contributed by atoms with E-state index in [0.29, 0.717) is 23.3 Å². The van der Waals surface area contributed by atoms with Gasteiger partial charge in [0.1, 0.15) is 0 Å². The van der Waals surface area contributed by atoms with E-state index in [4.69, 9.17) is 4.74 Å². The van der Waals surface area contributed by atoms with E-state index < -0.39 is 0 Å². The van der Waals surface area contributed by atoms with Crippen LogP contribution in [0.4, 0.5) is 0 Å². The fourth-order valence-corrected chi connectivity index (χ4v) is 9.22. The van der Waals surface area contributed by atoms with Gasteiger partial charge >= 0.3 is 5.97 Å². The van der Waals surface area contributed by atoms with Crippen LogP contribution in [0.25, 0.3) is 0 Å². The Balaban J connectivity index is 1.60. The lowest BCUT2D eigenvalue weighted by Gasteiger charge is -2.60. The van der Waals surface area contributed by atoms with Crippen molar-refractivity contribution in [1.82, 2.24) is 0 Å². The zero-order chi connectivity index (χ0) is 26.0. The van der Waals surface area contributed by atoms with Gasteiger partial charge in [0.15, 0.2) is 0 Å². The average molecular weight is 483 g/mol. The first-order valence-electron chi connectivity index (χ1n) is 14.1. The summed E-state index contributed by atoms with van der Waals surface area (Å²) in [5.41, 5.74) is 6.45. The molecule has 0 heterocycles. The zero-order valence-electron chi connectivity index (χ0n) is 23.9. The quantitative estimate of drug-likeness (QED) is 0.321. The van der Waals surface area contributed by atoms with Crippen molar-refractivity contribution in [3.63, 3.8) is 0 Å². The lowest BCUT2D eigenvalue weighted by Crippen LogP contribution is -2.53. The van der Waals surface area contributed by atoms with Crippen LogP contribution in [0.5, 0.6) is 0 Å². The van der Waals surface area contributed by atoms with Gasteiger partial charge in [-0.25, -0.2) is 4.79 Å². The molecule has 4 aliphatic carbocycles. The van der Waals surface area contributed by atoms with Crippen LogP contribution in [0.2, 0.25) is 0 Å². The van der Waals surface area contributed by atoms with E-state index in [2.05, 4.69) is 60.6 Å². The largest absolute Gasteiger partial charge is 0.466 e. The molecule has 0 amide bonds. The highest BCUT2D eigenvalue weighted by molar-refractivity contribution is 5.87. The predicted molar refractivity (Wildman–Crippen MR) is 144 cm³/mol. The summed E-state index contributed by atoms with van der Waals surface area (Å²) >= 11 is 0. The molecule has 0 aliphatic heterocycles. The fourth-order valence-electron chi connectivity index (χ4n) is 9.22. The third-order valence-corrected chi connectivity index (χ3v) is 11.8. The van der Waals surface area contributed by atoms with E-state index in [1.165, 1.54) is 32.8 Å². The maximum atomic E-state index is 11.9. The molecule has 3 nitrogen and oxygen atoms in total. The van der Waals surface area contributed by atoms with Gasteiger partial charge in [-0.2, -0.15) is 0 Å². The van der Waals surface area contributed by atoms with E-state index in [9.17, 15) is 9.90 Å². The van der Waals surface area contributed by atoms with E-state index in [1.807, 2.05) is 6.92 Å². The molecule has 7 atom stereocenters. The minimum absolute atomic E-state index is 0.00858. The summed E-state index contributed by atoms with van der Waals surface area (Å²) in [4.78, 5) is 11.9. The molecule has 0 saturated heterocycles. The van der Waals surface area contributed by atoms with Crippen molar-refractivity contribution in [2.24, 2.45) is 39.4 Å². The Morgan fingerprint density at radius 3 is 2.49 bits per heavy atom. The van der Waals surface area contributed by atoms with Crippen molar-refractivity contribution >= 4 is 5.97 Å². The second kappa shape index (κ2) is 8.89. The van der Waals surface area contributed by atoms with Crippen LogP contribution < -0.4 is 0 Å². The van der Waals surface area contributed by atoms with Crippen LogP contribution in [0.3, 0.4) is 0 Å². The predicted octanol–water partition coefficient (Wildman–Crippen LogP) is 7.80. The maximum absolute atomic E-state index is 11.9. The monoisotopic (exact) mass is 482 g/mol. The minimum Gasteiger partial charge on any atom is -0.466 e. The molecule has 196 valence electrons. The van der Waals surface area contributed by atoms with Gasteiger partial charge in [-0.1, -0.05) is 66.2 Å². The number of hydrogen-bond donors (Lipinski definition) is 1. The van der Waals surface area contributed by atoms with Gasteiger partial charge in [-0.15, -0.1) is 0 Å². The first-order chi connectivity index (χ1) is 16.2. The highest BCUT2D eigenvalue weighted by Crippen LogP contribution is 2.69. The Bertz CT molecular complexity index is 967. The number of esters is 1. The van der Waals surface area contributed by atoms with Gasteiger partial charge in [-0.05, 0) is 109 Å². The first kappa shape index (κ1) is 26.7. The van der Waals surface area contributed by atoms with Crippen LogP contribution in [-0.2, 0) is 9.53 Å². The van der Waals surface area contributed by atoms with Gasteiger partial charge in [0.2, 0.25) is 0 Å². The van der Waals surface area contributed by atoms with Crippen LogP contribution in [0.15, 0.2) is 34.4 Å². The molecule has 0 aromatic rings. The van der Waals surface area contributed by atoms with Crippen LogP contribution in [-0.4, -0.2) is 24.3 Å². The molecule has 0 spiro atoms. The molecule has 4 rings (SSSR count). The summed E-state index contributed by atoms with van der Waals surface area (Å²) in [6.07, 6.45) is 13.6. The topological polar surface area (TPSA) is 46.5 Å². The second-order valence-electron chi connectivity index (χ2n) is 13.9. The molecule has 0 unspecified atom stereocenters. The number of ether oxygens (including phenoxy) is 1. The Morgan fingerprint density at radius 1 is 1.14 bits per heavy atom. The number of allylic oxidation sites excluding steroid dienone is 5. The number of aliphatic hydroxyl groups is 1. The lowest BCUT2D eigenvalue weighted by molar-refractivity contribution is -0.136. The Morgan fingerprint density at radius 2 is 1.83 bits per heavy atom. The number of rotatable bonds is 5. The Kier molecular flexibility index (Phi) is 6.78. The number of aliphatic hydroxyl groups excluding tert-OH is 1. The SMILES string of the molecule is COC(=O)/C(C)=C/[C@H](C)C[C@@H](C)[C@]1(C)CC=C2C3=C(CC[C@]21C)[C@@]1(C)CC[C@@H](O)C(C)(C)[C@H]1CC3. The number of hydrogen-bond acceptors (Lipinski definition) is 3. The Hall–Kier alpha value is -1.35. The van der Waals surface area contributed by atoms with Crippen molar-refractivity contribution in [3.8, 4) is 0 Å². The van der Waals surface area contributed by atoms with Gasteiger partial charge in [-0.3, -0.25) is 0 Å². The van der Waals surface area contributed by atoms with Crippen molar-refractivity contribution in [1.29, 1.82) is 0 Å². The minimum atomic E-state index is -0.221. The molecule has 0 radical (unpaired) electrons. The van der Waals surface area contributed by atoms with E-state index in [1.54, 1.807) is 16.7 Å². The Labute approximate surface area is 214 Å². The molecule has 0 bridgehead atoms. The third-order valence-electron chi connectivity index (χ3n) is 11.8. The molecule has 0 aromatic carbocycles. The van der Waals surface area contributed by atoms with Crippen LogP contribution >= 0.6 is 0 Å². The van der Waals surface area contributed by atoms with E-state index in [-0.39, 0.29) is 33.7 Å². The summed E-state index contributed by atoms with van der Waals surface area (Å²) in [6.45, 7) is 18.8. The van der Waals surface area contributed by atoms with E-state index >= 15 is 0 Å². The molecule has 1 fully saturated rings. The van der Waals surface area contributed by atoms with Gasteiger partial charge in [0, 0.05) is 5.57 Å². The molecular formula is C32H50O3. The summed E-state index contributed by atoms with van der Waals surface area (Å²) < 4.78 is 4.90. The maximum Gasteiger partial charge on any atom is 0.333 e. The van der Waals surface area contributed by atoms with Gasteiger partial charge in [0.05, 0.1) is 13.2 Å². The molecule has 1 saturated carbocycles. The number of carbonyl (C=O) groups is 1. The van der Waals surface area contributed by atoms with E-state index in [0.717, 1.165) is 25.7 Å². The van der Waals surface area contributed by atoms with Crippen molar-refractivity contribution in [2.45, 2.75) is 113 Å². The lowest BCUT2D eigenvalue weighted by atomic mass is 9.45. The zero-order valence-corrected chi connectivity index (χ0v) is 23.9. The second-order valence-corrected chi connectivity index (χ2v) is 13.9. The molecule has 3 heteroatoms. The van der Waals surface area contributed by atoms with Gasteiger partial charge in [0.25, 0.3) is 0 Å². The van der Waals surface area contributed by atoms with Gasteiger partial charge < -0.3 is 9.84 Å². The standard InChI is InChI=1S/C32H50O3/c1-20(18-21(2)28(34)35-9)19-22(3)31(7)16-13-25-23-10-11-26-29(4,5)27(33)14-15-30(26,6)24(23)12-17-32(25,31)8/h13,18,20,22,26-27,33H,10-12,14-17,19H2,1-9H3/b21-18+/t20-,22+,26+,27+,30+,31-,32+/m0/s1. The van der Waals surface area contributed by atoms with Crippen LogP contribution in [0.1, 0.15) is 107 Å². The van der Waals surface area contributed by atoms with Crippen LogP contribution in [0, 0.1) is 39.4 Å². The third kappa shape index (κ3) is 3.90. The highest BCUT2D eigenvalue weighted by atomic mass is 16.5. The normalized spacial score (nSPS) is 40.3. The summed E-state index contributed by atoms with van der Waals surface area (Å²) in [6, 6.07) is 0. The molecule has 35 heavy (non-hydrogen) atoms. The number of fused-ring (bicyclic) bond motifs is 4. The molecule has 0 aromatic heterocycles. The number of carbonyl (C=O) groups excluding carboxylic acids is 1. The average Bonchev–Trinajstić information content (AvgIpc) is 3.08. The molecule has 1 N–H and O–H groups in total. The van der Waals surface area contributed by atoms with Crippen molar-refractivity contribution in [2.75, 3.05) is 7.11 Å². The molecular weight excluding hydrogens is 432 g/mol. The smallest absolute Gasteiger partial charge is 0.333 e. The number of methoxy groups -OCH3 is 1. The fraction of sp³-hybridized carbons (Fsp3) is 0.781.